The molecule has 0 aliphatic heterocycles. The van der Waals surface area contributed by atoms with E-state index >= 15 is 0 Å². The second kappa shape index (κ2) is 7.26. The molecule has 6 nitrogen and oxygen atoms in total. The average molecular weight is 304 g/mol. The van der Waals surface area contributed by atoms with Crippen molar-refractivity contribution in [1.82, 2.24) is 20.0 Å². The zero-order valence-corrected chi connectivity index (χ0v) is 13.6. The molecule has 0 spiro atoms. The monoisotopic (exact) mass is 304 g/mol. The lowest BCUT2D eigenvalue weighted by molar-refractivity contribution is -0.129. The van der Waals surface area contributed by atoms with Gasteiger partial charge in [-0.2, -0.15) is 5.10 Å². The molecule has 2 aromatic rings. The molecule has 2 atom stereocenters. The molecule has 0 aliphatic rings. The van der Waals surface area contributed by atoms with Gasteiger partial charge in [0.1, 0.15) is 11.5 Å². The van der Waals surface area contributed by atoms with Gasteiger partial charge in [-0.25, -0.2) is 0 Å². The zero-order chi connectivity index (χ0) is 16.1. The molecule has 1 N–H and O–H groups in total. The van der Waals surface area contributed by atoms with E-state index in [1.54, 1.807) is 18.1 Å². The van der Waals surface area contributed by atoms with Crippen LogP contribution in [0.3, 0.4) is 0 Å². The highest BCUT2D eigenvalue weighted by Crippen LogP contribution is 2.10. The third kappa shape index (κ3) is 4.21. The molecule has 0 bridgehead atoms. The summed E-state index contributed by atoms with van der Waals surface area (Å²) >= 11 is 0. The lowest BCUT2D eigenvalue weighted by Gasteiger charge is -2.23. The van der Waals surface area contributed by atoms with Gasteiger partial charge in [0.25, 0.3) is 0 Å². The fourth-order valence-corrected chi connectivity index (χ4v) is 2.20. The van der Waals surface area contributed by atoms with Crippen LogP contribution in [0.1, 0.15) is 31.4 Å². The van der Waals surface area contributed by atoms with Gasteiger partial charge in [0.15, 0.2) is 0 Å². The van der Waals surface area contributed by atoms with E-state index in [1.807, 2.05) is 36.0 Å². The summed E-state index contributed by atoms with van der Waals surface area (Å²) in [4.78, 5) is 13.8. The summed E-state index contributed by atoms with van der Waals surface area (Å²) in [6.07, 6.45) is 3.68. The van der Waals surface area contributed by atoms with Crippen molar-refractivity contribution < 1.29 is 9.21 Å². The molecule has 0 saturated heterocycles. The largest absolute Gasteiger partial charge is 0.464 e. The SMILES string of the molecule is Cc1ccc(CN(C)C(=O)CN[C@H](C)[C@@H](C)n2cccn2)o1. The van der Waals surface area contributed by atoms with Crippen LogP contribution in [-0.2, 0) is 11.3 Å². The number of hydrogen-bond donors (Lipinski definition) is 1. The fourth-order valence-electron chi connectivity index (χ4n) is 2.20. The maximum absolute atomic E-state index is 12.2. The van der Waals surface area contributed by atoms with Crippen LogP contribution in [0.25, 0.3) is 0 Å². The Kier molecular flexibility index (Phi) is 5.38. The van der Waals surface area contributed by atoms with E-state index in [0.29, 0.717) is 13.1 Å². The number of amides is 1. The van der Waals surface area contributed by atoms with E-state index in [2.05, 4.69) is 24.3 Å². The van der Waals surface area contributed by atoms with E-state index in [0.717, 1.165) is 11.5 Å². The molecule has 0 radical (unpaired) electrons. The zero-order valence-electron chi connectivity index (χ0n) is 13.6. The van der Waals surface area contributed by atoms with Gasteiger partial charge in [-0.3, -0.25) is 9.48 Å². The van der Waals surface area contributed by atoms with Crippen molar-refractivity contribution in [2.75, 3.05) is 13.6 Å². The molecule has 0 aliphatic carbocycles. The standard InChI is InChI=1S/C16H24N4O2/c1-12-6-7-15(22-12)11-19(4)16(21)10-17-13(2)14(3)20-9-5-8-18-20/h5-9,13-14,17H,10-11H2,1-4H3/t13-,14-/m1/s1. The molecule has 0 unspecified atom stereocenters. The number of carbonyl (C=O) groups excluding carboxylic acids is 1. The van der Waals surface area contributed by atoms with Crippen molar-refractivity contribution in [3.8, 4) is 0 Å². The molecule has 22 heavy (non-hydrogen) atoms. The second-order valence-corrected chi connectivity index (χ2v) is 5.66. The van der Waals surface area contributed by atoms with Crippen molar-refractivity contribution >= 4 is 5.91 Å². The fraction of sp³-hybridized carbons (Fsp3) is 0.500. The molecule has 6 heteroatoms. The Morgan fingerprint density at radius 2 is 2.23 bits per heavy atom. The second-order valence-electron chi connectivity index (χ2n) is 5.66. The Morgan fingerprint density at radius 3 is 2.82 bits per heavy atom. The molecule has 0 saturated carbocycles. The summed E-state index contributed by atoms with van der Waals surface area (Å²) in [7, 11) is 1.78. The number of aryl methyl sites for hydroxylation is 1. The number of carbonyl (C=O) groups is 1. The normalized spacial score (nSPS) is 13.8. The van der Waals surface area contributed by atoms with Crippen molar-refractivity contribution in [2.45, 2.75) is 39.4 Å². The Balaban J connectivity index is 1.79. The molecular weight excluding hydrogens is 280 g/mol. The molecular formula is C16H24N4O2. The number of aromatic nitrogens is 2. The minimum atomic E-state index is 0.0357. The van der Waals surface area contributed by atoms with Crippen LogP contribution < -0.4 is 5.32 Å². The highest BCUT2D eigenvalue weighted by Gasteiger charge is 2.17. The van der Waals surface area contributed by atoms with Crippen molar-refractivity contribution in [3.05, 3.63) is 42.1 Å². The third-order valence-electron chi connectivity index (χ3n) is 3.86. The molecule has 0 fully saturated rings. The summed E-state index contributed by atoms with van der Waals surface area (Å²) in [5, 5.41) is 7.49. The predicted octanol–water partition coefficient (Wildman–Crippen LogP) is 1.98. The first kappa shape index (κ1) is 16.3. The highest BCUT2D eigenvalue weighted by atomic mass is 16.3. The van der Waals surface area contributed by atoms with Gasteiger partial charge in [0, 0.05) is 25.5 Å². The van der Waals surface area contributed by atoms with E-state index < -0.39 is 0 Å². The first-order valence-electron chi connectivity index (χ1n) is 7.49. The highest BCUT2D eigenvalue weighted by molar-refractivity contribution is 5.77. The van der Waals surface area contributed by atoms with Gasteiger partial charge < -0.3 is 14.6 Å². The Bertz CT molecular complexity index is 591. The van der Waals surface area contributed by atoms with Crippen molar-refractivity contribution in [3.63, 3.8) is 0 Å². The van der Waals surface area contributed by atoms with Gasteiger partial charge in [-0.1, -0.05) is 0 Å². The van der Waals surface area contributed by atoms with Crippen LogP contribution in [0.4, 0.5) is 0 Å². The maximum atomic E-state index is 12.2. The molecule has 2 aromatic heterocycles. The first-order chi connectivity index (χ1) is 10.5. The van der Waals surface area contributed by atoms with Gasteiger partial charge in [-0.15, -0.1) is 0 Å². The van der Waals surface area contributed by atoms with Crippen LogP contribution in [0.5, 0.6) is 0 Å². The lowest BCUT2D eigenvalue weighted by atomic mass is 10.2. The minimum absolute atomic E-state index is 0.0357. The average Bonchev–Trinajstić information content (AvgIpc) is 3.15. The molecule has 1 amide bonds. The molecule has 0 aromatic carbocycles. The van der Waals surface area contributed by atoms with E-state index in [9.17, 15) is 4.79 Å². The minimum Gasteiger partial charge on any atom is -0.464 e. The smallest absolute Gasteiger partial charge is 0.236 e. The Labute approximate surface area is 131 Å². The van der Waals surface area contributed by atoms with Crippen LogP contribution in [0.2, 0.25) is 0 Å². The lowest BCUT2D eigenvalue weighted by Crippen LogP contribution is -2.41. The number of nitrogens with one attached hydrogen (secondary N) is 1. The number of hydrogen-bond acceptors (Lipinski definition) is 4. The number of nitrogens with zero attached hydrogens (tertiary/aromatic N) is 3. The summed E-state index contributed by atoms with van der Waals surface area (Å²) in [5.74, 6) is 1.69. The molecule has 2 rings (SSSR count). The van der Waals surface area contributed by atoms with Crippen molar-refractivity contribution in [2.24, 2.45) is 0 Å². The number of furan rings is 1. The Morgan fingerprint density at radius 1 is 1.45 bits per heavy atom. The summed E-state index contributed by atoms with van der Waals surface area (Å²) in [5.41, 5.74) is 0. The Hall–Kier alpha value is -2.08. The third-order valence-corrected chi connectivity index (χ3v) is 3.86. The van der Waals surface area contributed by atoms with Gasteiger partial charge in [0.2, 0.25) is 5.91 Å². The molecule has 120 valence electrons. The summed E-state index contributed by atoms with van der Waals surface area (Å²) < 4.78 is 7.38. The van der Waals surface area contributed by atoms with Crippen LogP contribution in [0.15, 0.2) is 35.0 Å². The van der Waals surface area contributed by atoms with E-state index in [-0.39, 0.29) is 18.0 Å². The van der Waals surface area contributed by atoms with Crippen LogP contribution in [0, 0.1) is 6.92 Å². The van der Waals surface area contributed by atoms with Crippen LogP contribution >= 0.6 is 0 Å². The summed E-state index contributed by atoms with van der Waals surface area (Å²) in [6, 6.07) is 6.02. The van der Waals surface area contributed by atoms with Gasteiger partial charge >= 0.3 is 0 Å². The first-order valence-corrected chi connectivity index (χ1v) is 7.49. The summed E-state index contributed by atoms with van der Waals surface area (Å²) in [6.45, 7) is 6.80. The van der Waals surface area contributed by atoms with E-state index in [1.165, 1.54) is 0 Å². The topological polar surface area (TPSA) is 63.3 Å². The van der Waals surface area contributed by atoms with Crippen molar-refractivity contribution in [1.29, 1.82) is 0 Å². The predicted molar refractivity (Wildman–Crippen MR) is 84.3 cm³/mol. The maximum Gasteiger partial charge on any atom is 0.236 e. The van der Waals surface area contributed by atoms with Gasteiger partial charge in [0.05, 0.1) is 19.1 Å². The number of likely N-dealkylation sites (N-methyl/N-ethyl adjacent to an activating group) is 1. The van der Waals surface area contributed by atoms with Crippen LogP contribution in [-0.4, -0.2) is 40.2 Å². The number of rotatable bonds is 7. The van der Waals surface area contributed by atoms with Gasteiger partial charge in [-0.05, 0) is 39.0 Å². The quantitative estimate of drug-likeness (QED) is 0.849. The van der Waals surface area contributed by atoms with E-state index in [4.69, 9.17) is 4.42 Å². The molecule has 2 heterocycles.